The van der Waals surface area contributed by atoms with Crippen LogP contribution in [-0.2, 0) is 6.42 Å². The molecule has 2 aliphatic carbocycles. The summed E-state index contributed by atoms with van der Waals surface area (Å²) < 4.78 is 5.81. The molecule has 1 unspecified atom stereocenters. The van der Waals surface area contributed by atoms with Crippen molar-refractivity contribution in [3.05, 3.63) is 17.3 Å². The number of aromatic nitrogens is 1. The number of hydrogen-bond acceptors (Lipinski definition) is 3. The number of nitrogens with one attached hydrogen (secondary N) is 1. The van der Waals surface area contributed by atoms with Gasteiger partial charge in [0.05, 0.1) is 11.7 Å². The zero-order valence-electron chi connectivity index (χ0n) is 8.55. The maximum Gasteiger partial charge on any atom is 0.197 e. The summed E-state index contributed by atoms with van der Waals surface area (Å²) in [7, 11) is 2.01. The molecule has 3 heteroatoms. The van der Waals surface area contributed by atoms with Crippen LogP contribution in [-0.4, -0.2) is 12.0 Å². The molecule has 0 aromatic carbocycles. The number of nitrogens with zero attached hydrogens (tertiary/aromatic N) is 1. The fourth-order valence-corrected chi connectivity index (χ4v) is 2.22. The molecule has 1 heterocycles. The van der Waals surface area contributed by atoms with Gasteiger partial charge in [-0.3, -0.25) is 0 Å². The Morgan fingerprint density at radius 2 is 2.21 bits per heavy atom. The molecule has 0 saturated heterocycles. The van der Waals surface area contributed by atoms with Gasteiger partial charge in [-0.2, -0.15) is 0 Å². The molecule has 0 aliphatic heterocycles. The normalized spacial score (nSPS) is 26.2. The van der Waals surface area contributed by atoms with E-state index in [2.05, 4.69) is 10.3 Å². The SMILES string of the molecule is CNC1CCCc2oc(C3CC3)nc21. The van der Waals surface area contributed by atoms with Crippen LogP contribution in [0.15, 0.2) is 4.42 Å². The van der Waals surface area contributed by atoms with Gasteiger partial charge in [-0.1, -0.05) is 0 Å². The first kappa shape index (κ1) is 8.48. The Morgan fingerprint density at radius 3 is 2.93 bits per heavy atom. The molecule has 0 bridgehead atoms. The van der Waals surface area contributed by atoms with Crippen molar-refractivity contribution >= 4 is 0 Å². The van der Waals surface area contributed by atoms with Gasteiger partial charge >= 0.3 is 0 Å². The van der Waals surface area contributed by atoms with Gasteiger partial charge < -0.3 is 9.73 Å². The third-order valence-electron chi connectivity index (χ3n) is 3.25. The van der Waals surface area contributed by atoms with Crippen LogP contribution in [0.1, 0.15) is 55.0 Å². The van der Waals surface area contributed by atoms with E-state index in [-0.39, 0.29) is 0 Å². The first-order valence-corrected chi connectivity index (χ1v) is 5.55. The fraction of sp³-hybridized carbons (Fsp3) is 0.727. The lowest BCUT2D eigenvalue weighted by atomic mass is 9.97. The van der Waals surface area contributed by atoms with Crippen molar-refractivity contribution in [2.45, 2.75) is 44.1 Å². The highest BCUT2D eigenvalue weighted by molar-refractivity contribution is 5.20. The Hall–Kier alpha value is -0.830. The monoisotopic (exact) mass is 192 g/mol. The molecule has 0 radical (unpaired) electrons. The van der Waals surface area contributed by atoms with Gasteiger partial charge in [0.2, 0.25) is 0 Å². The standard InChI is InChI=1S/C11H16N2O/c1-12-8-3-2-4-9-10(8)13-11(14-9)7-5-6-7/h7-8,12H,2-6H2,1H3. The maximum atomic E-state index is 5.81. The lowest BCUT2D eigenvalue weighted by Gasteiger charge is -2.18. The molecule has 1 saturated carbocycles. The summed E-state index contributed by atoms with van der Waals surface area (Å²) in [6.45, 7) is 0. The number of fused-ring (bicyclic) bond motifs is 1. The summed E-state index contributed by atoms with van der Waals surface area (Å²) in [6.07, 6.45) is 6.03. The average molecular weight is 192 g/mol. The van der Waals surface area contributed by atoms with E-state index in [0.717, 1.165) is 18.1 Å². The van der Waals surface area contributed by atoms with Crippen LogP contribution in [0.5, 0.6) is 0 Å². The minimum absolute atomic E-state index is 0.426. The first-order valence-electron chi connectivity index (χ1n) is 5.55. The first-order chi connectivity index (χ1) is 6.88. The van der Waals surface area contributed by atoms with Crippen LogP contribution in [0.2, 0.25) is 0 Å². The fourth-order valence-electron chi connectivity index (χ4n) is 2.22. The van der Waals surface area contributed by atoms with Crippen LogP contribution in [0.3, 0.4) is 0 Å². The summed E-state index contributed by atoms with van der Waals surface area (Å²) in [5, 5.41) is 3.31. The predicted octanol–water partition coefficient (Wildman–Crippen LogP) is 2.15. The molecule has 1 aromatic heterocycles. The van der Waals surface area contributed by atoms with Crippen molar-refractivity contribution in [1.29, 1.82) is 0 Å². The second-order valence-corrected chi connectivity index (χ2v) is 4.37. The summed E-state index contributed by atoms with van der Waals surface area (Å²) in [5.74, 6) is 2.77. The number of hydrogen-bond donors (Lipinski definition) is 1. The molecule has 14 heavy (non-hydrogen) atoms. The van der Waals surface area contributed by atoms with Gasteiger partial charge in [0.25, 0.3) is 0 Å². The zero-order chi connectivity index (χ0) is 9.54. The zero-order valence-corrected chi connectivity index (χ0v) is 8.55. The predicted molar refractivity (Wildman–Crippen MR) is 53.2 cm³/mol. The average Bonchev–Trinajstić information content (AvgIpc) is 2.97. The molecule has 1 N–H and O–H groups in total. The Labute approximate surface area is 83.9 Å². The molecule has 0 spiro atoms. The van der Waals surface area contributed by atoms with Crippen LogP contribution < -0.4 is 5.32 Å². The van der Waals surface area contributed by atoms with E-state index in [0.29, 0.717) is 12.0 Å². The van der Waals surface area contributed by atoms with Gasteiger partial charge in [0.15, 0.2) is 5.89 Å². The van der Waals surface area contributed by atoms with Crippen LogP contribution >= 0.6 is 0 Å². The summed E-state index contributed by atoms with van der Waals surface area (Å²) in [5.41, 5.74) is 1.18. The van der Waals surface area contributed by atoms with E-state index in [1.54, 1.807) is 0 Å². The van der Waals surface area contributed by atoms with E-state index in [4.69, 9.17) is 4.42 Å². The van der Waals surface area contributed by atoms with Crippen molar-refractivity contribution in [2.75, 3.05) is 7.05 Å². The molecule has 1 fully saturated rings. The second kappa shape index (κ2) is 3.09. The Bertz CT molecular complexity index is 341. The van der Waals surface area contributed by atoms with Crippen LogP contribution in [0.25, 0.3) is 0 Å². The highest BCUT2D eigenvalue weighted by Gasteiger charge is 2.32. The molecular weight excluding hydrogens is 176 g/mol. The van der Waals surface area contributed by atoms with Gasteiger partial charge in [-0.25, -0.2) is 4.98 Å². The lowest BCUT2D eigenvalue weighted by Crippen LogP contribution is -2.21. The van der Waals surface area contributed by atoms with Crippen molar-refractivity contribution in [1.82, 2.24) is 10.3 Å². The van der Waals surface area contributed by atoms with E-state index < -0.39 is 0 Å². The van der Waals surface area contributed by atoms with Crippen LogP contribution in [0, 0.1) is 0 Å². The highest BCUT2D eigenvalue weighted by Crippen LogP contribution is 2.42. The Kier molecular flexibility index (Phi) is 1.87. The molecule has 3 nitrogen and oxygen atoms in total. The molecule has 1 aromatic rings. The van der Waals surface area contributed by atoms with Crippen molar-refractivity contribution < 1.29 is 4.42 Å². The number of rotatable bonds is 2. The largest absolute Gasteiger partial charge is 0.445 e. The minimum Gasteiger partial charge on any atom is -0.445 e. The summed E-state index contributed by atoms with van der Waals surface area (Å²) in [6, 6.07) is 0.426. The van der Waals surface area contributed by atoms with Gasteiger partial charge in [0.1, 0.15) is 5.76 Å². The van der Waals surface area contributed by atoms with Gasteiger partial charge in [0, 0.05) is 12.3 Å². The third-order valence-corrected chi connectivity index (χ3v) is 3.25. The van der Waals surface area contributed by atoms with E-state index in [1.165, 1.54) is 31.4 Å². The van der Waals surface area contributed by atoms with Crippen molar-refractivity contribution in [2.24, 2.45) is 0 Å². The molecule has 2 aliphatic rings. The van der Waals surface area contributed by atoms with E-state index in [1.807, 2.05) is 7.05 Å². The topological polar surface area (TPSA) is 38.1 Å². The van der Waals surface area contributed by atoms with Crippen molar-refractivity contribution in [3.8, 4) is 0 Å². The summed E-state index contributed by atoms with van der Waals surface area (Å²) in [4.78, 5) is 4.64. The maximum absolute atomic E-state index is 5.81. The molecular formula is C11H16N2O. The second-order valence-electron chi connectivity index (χ2n) is 4.37. The van der Waals surface area contributed by atoms with Crippen molar-refractivity contribution in [3.63, 3.8) is 0 Å². The Morgan fingerprint density at radius 1 is 1.36 bits per heavy atom. The smallest absolute Gasteiger partial charge is 0.197 e. The quantitative estimate of drug-likeness (QED) is 0.780. The summed E-state index contributed by atoms with van der Waals surface area (Å²) >= 11 is 0. The molecule has 0 amide bonds. The number of oxazole rings is 1. The van der Waals surface area contributed by atoms with E-state index >= 15 is 0 Å². The molecule has 1 atom stereocenters. The van der Waals surface area contributed by atoms with Gasteiger partial charge in [-0.15, -0.1) is 0 Å². The third kappa shape index (κ3) is 1.27. The molecule has 3 rings (SSSR count). The van der Waals surface area contributed by atoms with E-state index in [9.17, 15) is 0 Å². The van der Waals surface area contributed by atoms with Crippen LogP contribution in [0.4, 0.5) is 0 Å². The van der Waals surface area contributed by atoms with Gasteiger partial charge in [-0.05, 0) is 32.7 Å². The highest BCUT2D eigenvalue weighted by atomic mass is 16.4. The molecule has 76 valence electrons. The minimum atomic E-state index is 0.426. The Balaban J connectivity index is 1.95. The number of aryl methyl sites for hydroxylation is 1. The lowest BCUT2D eigenvalue weighted by molar-refractivity contribution is 0.411.